The van der Waals surface area contributed by atoms with Gasteiger partial charge in [0.15, 0.2) is 6.04 Å². The van der Waals surface area contributed by atoms with Crippen LogP contribution in [-0.2, 0) is 32.7 Å². The van der Waals surface area contributed by atoms with Crippen LogP contribution in [0.1, 0.15) is 155 Å². The van der Waals surface area contributed by atoms with Crippen molar-refractivity contribution in [2.24, 2.45) is 0 Å². The third kappa shape index (κ3) is 30.9. The predicted molar refractivity (Wildman–Crippen MR) is 180 cm³/mol. The molecule has 0 aliphatic heterocycles. The van der Waals surface area contributed by atoms with E-state index in [4.69, 9.17) is 0 Å². The van der Waals surface area contributed by atoms with Crippen molar-refractivity contribution in [3.8, 4) is 0 Å². The van der Waals surface area contributed by atoms with Gasteiger partial charge < -0.3 is 25.2 Å². The second-order valence-electron chi connectivity index (χ2n) is 12.1. The number of hydrogen-bond donors (Lipinski definition) is 4. The number of allylic oxidation sites excluding steroid dienone is 2. The summed E-state index contributed by atoms with van der Waals surface area (Å²) in [5.74, 6) is -2.55. The number of esters is 1. The molecule has 0 aromatic carbocycles. The lowest BCUT2D eigenvalue weighted by molar-refractivity contribution is -0.144. The molecule has 0 saturated heterocycles. The van der Waals surface area contributed by atoms with E-state index in [2.05, 4.69) is 38.2 Å². The van der Waals surface area contributed by atoms with Crippen molar-refractivity contribution < 1.29 is 47.8 Å². The predicted octanol–water partition coefficient (Wildman–Crippen LogP) is 7.77. The van der Waals surface area contributed by atoms with E-state index in [-0.39, 0.29) is 6.42 Å². The minimum atomic E-state index is -4.71. The molecule has 46 heavy (non-hydrogen) atoms. The monoisotopic (exact) mass is 677 g/mol. The quantitative estimate of drug-likeness (QED) is 0.0233. The van der Waals surface area contributed by atoms with Crippen LogP contribution in [0.2, 0.25) is 0 Å². The molecule has 0 spiro atoms. The number of carboxylic acid groups (broad SMARTS) is 1. The first-order valence-corrected chi connectivity index (χ1v) is 19.2. The van der Waals surface area contributed by atoms with Gasteiger partial charge in [-0.2, -0.15) is 0 Å². The number of aliphatic hydroxyl groups excluding tert-OH is 1. The molecule has 1 amide bonds. The van der Waals surface area contributed by atoms with Crippen molar-refractivity contribution in [2.45, 2.75) is 167 Å². The topological polar surface area (TPSA) is 169 Å². The molecule has 0 saturated carbocycles. The van der Waals surface area contributed by atoms with Gasteiger partial charge in [-0.3, -0.25) is 18.6 Å². The molecular formula is C34H64NO10P. The molecule has 0 aromatic rings. The fraction of sp³-hybridized carbons (Fsp3) is 0.853. The first-order chi connectivity index (χ1) is 22.1. The average Bonchev–Trinajstić information content (AvgIpc) is 3.01. The highest BCUT2D eigenvalue weighted by atomic mass is 31.2. The van der Waals surface area contributed by atoms with Gasteiger partial charge in [0.2, 0.25) is 5.91 Å². The number of aliphatic carboxylic acids is 1. The highest BCUT2D eigenvalue weighted by Crippen LogP contribution is 2.43. The van der Waals surface area contributed by atoms with Gasteiger partial charge in [-0.25, -0.2) is 9.36 Å². The third-order valence-electron chi connectivity index (χ3n) is 7.61. The lowest BCUT2D eigenvalue weighted by atomic mass is 10.0. The number of phosphoric ester groups is 1. The first-order valence-electron chi connectivity index (χ1n) is 17.7. The molecule has 0 bridgehead atoms. The maximum absolute atomic E-state index is 12.2. The Morgan fingerprint density at radius 1 is 0.696 bits per heavy atom. The molecule has 0 heterocycles. The Kier molecular flexibility index (Phi) is 29.4. The number of carbonyl (C=O) groups is 3. The number of hydrogen-bond acceptors (Lipinski definition) is 8. The zero-order chi connectivity index (χ0) is 34.3. The minimum absolute atomic E-state index is 0.148. The van der Waals surface area contributed by atoms with Crippen LogP contribution in [-0.4, -0.2) is 64.9 Å². The zero-order valence-corrected chi connectivity index (χ0v) is 29.5. The maximum atomic E-state index is 12.2. The summed E-state index contributed by atoms with van der Waals surface area (Å²) in [7, 11) is -4.71. The van der Waals surface area contributed by atoms with E-state index < -0.39 is 57.6 Å². The zero-order valence-electron chi connectivity index (χ0n) is 28.6. The van der Waals surface area contributed by atoms with Gasteiger partial charge in [0.1, 0.15) is 12.7 Å². The van der Waals surface area contributed by atoms with Crippen molar-refractivity contribution in [2.75, 3.05) is 19.8 Å². The standard InChI is InChI=1S/C34H64NO10P/c1-3-4-5-6-7-8-9-10-11-12-13-14-15-16-17-18-19-20-21-22-23-24-25-26-33(38)35-32(34(39)40)29-45-46(41,42)44-28-31(37)27-43-30(2)36/h10-11,31-32,37H,3-9,12-29H2,1-2H3,(H,35,38)(H,39,40)(H,41,42)/b11-10+. The number of carboxylic acids is 1. The van der Waals surface area contributed by atoms with E-state index in [0.717, 1.165) is 26.2 Å². The van der Waals surface area contributed by atoms with Crippen molar-refractivity contribution >= 4 is 25.7 Å². The van der Waals surface area contributed by atoms with Crippen LogP contribution in [0.4, 0.5) is 0 Å². The first kappa shape index (κ1) is 44.2. The van der Waals surface area contributed by atoms with E-state index in [1.807, 2.05) is 0 Å². The summed E-state index contributed by atoms with van der Waals surface area (Å²) in [6.07, 6.45) is 29.4. The molecule has 0 aliphatic carbocycles. The summed E-state index contributed by atoms with van der Waals surface area (Å²) in [4.78, 5) is 44.0. The number of aliphatic hydroxyl groups is 1. The molecule has 3 atom stereocenters. The average molecular weight is 678 g/mol. The summed E-state index contributed by atoms with van der Waals surface area (Å²) in [6.45, 7) is 1.47. The second-order valence-corrected chi connectivity index (χ2v) is 13.6. The highest BCUT2D eigenvalue weighted by molar-refractivity contribution is 7.47. The summed E-state index contributed by atoms with van der Waals surface area (Å²) < 4.78 is 25.7. The van der Waals surface area contributed by atoms with Crippen LogP contribution in [0.25, 0.3) is 0 Å². The molecule has 0 aromatic heterocycles. The Labute approximate surface area is 277 Å². The number of phosphoric acid groups is 1. The van der Waals surface area contributed by atoms with Gasteiger partial charge in [0.25, 0.3) is 0 Å². The maximum Gasteiger partial charge on any atom is 0.472 e. The lowest BCUT2D eigenvalue weighted by Gasteiger charge is -2.18. The molecule has 0 rings (SSSR count). The fourth-order valence-electron chi connectivity index (χ4n) is 4.86. The number of carbonyl (C=O) groups excluding carboxylic acids is 2. The van der Waals surface area contributed by atoms with Crippen LogP contribution in [0.5, 0.6) is 0 Å². The van der Waals surface area contributed by atoms with Crippen LogP contribution < -0.4 is 5.32 Å². The molecule has 0 aliphatic rings. The fourth-order valence-corrected chi connectivity index (χ4v) is 5.63. The Morgan fingerprint density at radius 2 is 1.13 bits per heavy atom. The third-order valence-corrected chi connectivity index (χ3v) is 8.56. The van der Waals surface area contributed by atoms with Gasteiger partial charge >= 0.3 is 19.8 Å². The van der Waals surface area contributed by atoms with Crippen molar-refractivity contribution in [1.29, 1.82) is 0 Å². The number of ether oxygens (including phenoxy) is 1. The van der Waals surface area contributed by atoms with Gasteiger partial charge in [-0.05, 0) is 32.1 Å². The molecule has 3 unspecified atom stereocenters. The Bertz CT molecular complexity index is 854. The van der Waals surface area contributed by atoms with Gasteiger partial charge in [-0.15, -0.1) is 0 Å². The van der Waals surface area contributed by atoms with E-state index in [1.165, 1.54) is 109 Å². The smallest absolute Gasteiger partial charge is 0.472 e. The molecule has 0 fully saturated rings. The number of unbranched alkanes of at least 4 members (excludes halogenated alkanes) is 19. The summed E-state index contributed by atoms with van der Waals surface area (Å²) >= 11 is 0. The van der Waals surface area contributed by atoms with E-state index >= 15 is 0 Å². The van der Waals surface area contributed by atoms with Gasteiger partial charge in [0, 0.05) is 13.3 Å². The van der Waals surface area contributed by atoms with E-state index in [1.54, 1.807) is 0 Å². The van der Waals surface area contributed by atoms with Crippen LogP contribution in [0, 0.1) is 0 Å². The SMILES string of the molecule is CCCCCCCC/C=C/CCCCCCCCCCCCCCCC(=O)NC(COP(=O)(O)OCC(O)COC(C)=O)C(=O)O. The molecule has 11 nitrogen and oxygen atoms in total. The van der Waals surface area contributed by atoms with Crippen LogP contribution in [0.3, 0.4) is 0 Å². The largest absolute Gasteiger partial charge is 0.480 e. The van der Waals surface area contributed by atoms with Crippen LogP contribution >= 0.6 is 7.82 Å². The molecular weight excluding hydrogens is 613 g/mol. The van der Waals surface area contributed by atoms with E-state index in [9.17, 15) is 34.1 Å². The molecule has 0 radical (unpaired) electrons. The van der Waals surface area contributed by atoms with Gasteiger partial charge in [-0.1, -0.05) is 122 Å². The summed E-state index contributed by atoms with van der Waals surface area (Å²) in [5, 5.41) is 21.2. The molecule has 270 valence electrons. The number of amides is 1. The second kappa shape index (κ2) is 30.5. The van der Waals surface area contributed by atoms with Crippen molar-refractivity contribution in [1.82, 2.24) is 5.32 Å². The Balaban J connectivity index is 3.69. The highest BCUT2D eigenvalue weighted by Gasteiger charge is 2.28. The summed E-state index contributed by atoms with van der Waals surface area (Å²) in [6, 6.07) is -1.54. The minimum Gasteiger partial charge on any atom is -0.480 e. The Morgan fingerprint density at radius 3 is 1.59 bits per heavy atom. The normalized spacial score (nSPS) is 14.2. The Hall–Kier alpha value is -1.78. The van der Waals surface area contributed by atoms with Crippen molar-refractivity contribution in [3.05, 3.63) is 12.2 Å². The van der Waals surface area contributed by atoms with E-state index in [0.29, 0.717) is 6.42 Å². The molecule has 4 N–H and O–H groups in total. The number of nitrogens with one attached hydrogen (secondary N) is 1. The van der Waals surface area contributed by atoms with Crippen LogP contribution in [0.15, 0.2) is 12.2 Å². The molecule has 12 heteroatoms. The van der Waals surface area contributed by atoms with Gasteiger partial charge in [0.05, 0.1) is 13.2 Å². The lowest BCUT2D eigenvalue weighted by Crippen LogP contribution is -2.43. The summed E-state index contributed by atoms with van der Waals surface area (Å²) in [5.41, 5.74) is 0. The van der Waals surface area contributed by atoms with Crippen molar-refractivity contribution in [3.63, 3.8) is 0 Å². The number of rotatable bonds is 33.